The molecule has 8 aromatic rings. The third-order valence-corrected chi connectivity index (χ3v) is 8.47. The van der Waals surface area contributed by atoms with E-state index in [2.05, 4.69) is 91.9 Å². The molecular weight excluding hydrogens is 520 g/mol. The maximum atomic E-state index is 6.91. The standard InChI is InChI=1S/C38H28O4/c1-22(39-2)25-14-15-26-19-30-31(20-27(26)18-25)41-38-33(23-10-6-4-7-11-23)35-29-17-16-28(40-3)21-32(29)42-37(35)34(36(30)38)24-12-8-5-9-13-24/h4-22H,1-3H3. The number of benzene rings is 6. The molecule has 2 aromatic heterocycles. The molecule has 0 aliphatic rings. The summed E-state index contributed by atoms with van der Waals surface area (Å²) in [6.45, 7) is 2.06. The molecule has 42 heavy (non-hydrogen) atoms. The fourth-order valence-corrected chi connectivity index (χ4v) is 6.29. The fraction of sp³-hybridized carbons (Fsp3) is 0.105. The van der Waals surface area contributed by atoms with Crippen molar-refractivity contribution in [3.8, 4) is 28.0 Å². The Balaban J connectivity index is 1.59. The molecular formula is C38H28O4. The minimum absolute atomic E-state index is 0.00829. The third-order valence-electron chi connectivity index (χ3n) is 8.47. The number of furan rings is 2. The number of hydrogen-bond acceptors (Lipinski definition) is 4. The minimum atomic E-state index is 0.00829. The van der Waals surface area contributed by atoms with E-state index >= 15 is 0 Å². The van der Waals surface area contributed by atoms with Crippen LogP contribution in [0.15, 0.2) is 118 Å². The van der Waals surface area contributed by atoms with E-state index in [1.807, 2.05) is 24.3 Å². The van der Waals surface area contributed by atoms with Gasteiger partial charge in [0.2, 0.25) is 0 Å². The van der Waals surface area contributed by atoms with Gasteiger partial charge in [-0.3, -0.25) is 0 Å². The van der Waals surface area contributed by atoms with Crippen molar-refractivity contribution in [2.45, 2.75) is 13.0 Å². The van der Waals surface area contributed by atoms with Gasteiger partial charge in [0.1, 0.15) is 28.1 Å². The van der Waals surface area contributed by atoms with Crippen LogP contribution in [0.4, 0.5) is 0 Å². The highest BCUT2D eigenvalue weighted by Crippen LogP contribution is 2.51. The van der Waals surface area contributed by atoms with Crippen LogP contribution >= 0.6 is 0 Å². The van der Waals surface area contributed by atoms with Crippen LogP contribution in [0.3, 0.4) is 0 Å². The molecule has 0 aliphatic heterocycles. The lowest BCUT2D eigenvalue weighted by Gasteiger charge is -2.11. The second kappa shape index (κ2) is 9.51. The highest BCUT2D eigenvalue weighted by atomic mass is 16.5. The summed E-state index contributed by atoms with van der Waals surface area (Å²) in [5.74, 6) is 0.756. The number of ether oxygens (including phenoxy) is 2. The number of fused-ring (bicyclic) bond motifs is 7. The van der Waals surface area contributed by atoms with Crippen LogP contribution in [0.5, 0.6) is 5.75 Å². The Hall–Kier alpha value is -5.06. The highest BCUT2D eigenvalue weighted by molar-refractivity contribution is 6.30. The molecule has 0 fully saturated rings. The van der Waals surface area contributed by atoms with Gasteiger partial charge in [-0.2, -0.15) is 0 Å². The minimum Gasteiger partial charge on any atom is -0.497 e. The molecule has 0 amide bonds. The van der Waals surface area contributed by atoms with Gasteiger partial charge in [0.15, 0.2) is 0 Å². The van der Waals surface area contributed by atoms with Gasteiger partial charge < -0.3 is 18.3 Å². The average Bonchev–Trinajstić information content (AvgIpc) is 3.60. The van der Waals surface area contributed by atoms with Crippen molar-refractivity contribution in [2.24, 2.45) is 0 Å². The van der Waals surface area contributed by atoms with E-state index in [1.54, 1.807) is 14.2 Å². The maximum Gasteiger partial charge on any atom is 0.144 e. The summed E-state index contributed by atoms with van der Waals surface area (Å²) < 4.78 is 24.8. The van der Waals surface area contributed by atoms with E-state index in [9.17, 15) is 0 Å². The molecule has 2 heterocycles. The van der Waals surface area contributed by atoms with E-state index in [0.29, 0.717) is 0 Å². The van der Waals surface area contributed by atoms with Crippen LogP contribution < -0.4 is 4.74 Å². The van der Waals surface area contributed by atoms with Crippen molar-refractivity contribution in [1.29, 1.82) is 0 Å². The number of hydrogen-bond donors (Lipinski definition) is 0. The van der Waals surface area contributed by atoms with Gasteiger partial charge in [-0.15, -0.1) is 0 Å². The van der Waals surface area contributed by atoms with E-state index in [4.69, 9.17) is 18.3 Å². The molecule has 0 saturated carbocycles. The second-order valence-electron chi connectivity index (χ2n) is 10.8. The highest BCUT2D eigenvalue weighted by Gasteiger charge is 2.26. The van der Waals surface area contributed by atoms with Gasteiger partial charge in [-0.25, -0.2) is 0 Å². The van der Waals surface area contributed by atoms with Crippen LogP contribution in [0, 0.1) is 0 Å². The van der Waals surface area contributed by atoms with E-state index < -0.39 is 0 Å². The lowest BCUT2D eigenvalue weighted by atomic mass is 9.90. The normalized spacial score (nSPS) is 12.6. The summed E-state index contributed by atoms with van der Waals surface area (Å²) in [5.41, 5.74) is 8.64. The zero-order valence-corrected chi connectivity index (χ0v) is 23.6. The van der Waals surface area contributed by atoms with Crippen molar-refractivity contribution >= 4 is 54.6 Å². The molecule has 1 unspecified atom stereocenters. The van der Waals surface area contributed by atoms with Gasteiger partial charge in [0, 0.05) is 45.8 Å². The first kappa shape index (κ1) is 24.7. The number of rotatable bonds is 5. The monoisotopic (exact) mass is 548 g/mol. The van der Waals surface area contributed by atoms with Gasteiger partial charge in [0.05, 0.1) is 13.2 Å². The Bertz CT molecular complexity index is 2270. The average molecular weight is 549 g/mol. The lowest BCUT2D eigenvalue weighted by molar-refractivity contribution is 0.119. The van der Waals surface area contributed by atoms with Gasteiger partial charge in [-0.1, -0.05) is 72.8 Å². The maximum absolute atomic E-state index is 6.91. The van der Waals surface area contributed by atoms with Crippen LogP contribution in [0.25, 0.3) is 76.9 Å². The Morgan fingerprint density at radius 1 is 0.571 bits per heavy atom. The molecule has 0 spiro atoms. The molecule has 8 rings (SSSR count). The first-order valence-electron chi connectivity index (χ1n) is 14.1. The molecule has 0 radical (unpaired) electrons. The Morgan fingerprint density at radius 2 is 1.19 bits per heavy atom. The van der Waals surface area contributed by atoms with Crippen LogP contribution in [-0.4, -0.2) is 14.2 Å². The van der Waals surface area contributed by atoms with Crippen molar-refractivity contribution in [3.63, 3.8) is 0 Å². The molecule has 0 bridgehead atoms. The zero-order chi connectivity index (χ0) is 28.4. The second-order valence-corrected chi connectivity index (χ2v) is 10.8. The van der Waals surface area contributed by atoms with Crippen LogP contribution in [0.1, 0.15) is 18.6 Å². The van der Waals surface area contributed by atoms with Crippen molar-refractivity contribution in [3.05, 3.63) is 115 Å². The molecule has 0 saturated heterocycles. The SMILES string of the molecule is COc1ccc2c(c1)oc1c(-c3ccccc3)c3c(oc4cc5cc(C(C)OC)ccc5cc43)c(-c3ccccc3)c12. The number of methoxy groups -OCH3 is 2. The van der Waals surface area contributed by atoms with Crippen LogP contribution in [-0.2, 0) is 4.74 Å². The third kappa shape index (κ3) is 3.65. The predicted octanol–water partition coefficient (Wildman–Crippen LogP) is 10.7. The Labute approximate surface area is 242 Å². The largest absolute Gasteiger partial charge is 0.497 e. The molecule has 204 valence electrons. The smallest absolute Gasteiger partial charge is 0.144 e. The van der Waals surface area contributed by atoms with E-state index in [0.717, 1.165) is 88.2 Å². The summed E-state index contributed by atoms with van der Waals surface area (Å²) in [7, 11) is 3.42. The summed E-state index contributed by atoms with van der Waals surface area (Å²) in [4.78, 5) is 0. The molecule has 0 N–H and O–H groups in total. The quantitative estimate of drug-likeness (QED) is 0.215. The summed E-state index contributed by atoms with van der Waals surface area (Å²) >= 11 is 0. The summed E-state index contributed by atoms with van der Waals surface area (Å²) in [5, 5.41) is 6.42. The van der Waals surface area contributed by atoms with E-state index in [1.165, 1.54) is 0 Å². The Kier molecular flexibility index (Phi) is 5.59. The Morgan fingerprint density at radius 3 is 1.81 bits per heavy atom. The van der Waals surface area contributed by atoms with Crippen molar-refractivity contribution in [1.82, 2.24) is 0 Å². The molecule has 1 atom stereocenters. The molecule has 0 aliphatic carbocycles. The van der Waals surface area contributed by atoms with Crippen molar-refractivity contribution in [2.75, 3.05) is 14.2 Å². The van der Waals surface area contributed by atoms with Crippen molar-refractivity contribution < 1.29 is 18.3 Å². The molecule has 4 heteroatoms. The predicted molar refractivity (Wildman–Crippen MR) is 171 cm³/mol. The summed E-state index contributed by atoms with van der Waals surface area (Å²) in [6.07, 6.45) is 0.00829. The zero-order valence-electron chi connectivity index (χ0n) is 23.6. The first-order valence-corrected chi connectivity index (χ1v) is 14.1. The van der Waals surface area contributed by atoms with Gasteiger partial charge in [0.25, 0.3) is 0 Å². The molecule has 4 nitrogen and oxygen atoms in total. The molecule has 6 aromatic carbocycles. The van der Waals surface area contributed by atoms with E-state index in [-0.39, 0.29) is 6.10 Å². The van der Waals surface area contributed by atoms with Gasteiger partial charge in [-0.05, 0) is 64.7 Å². The van der Waals surface area contributed by atoms with Crippen LogP contribution in [0.2, 0.25) is 0 Å². The topological polar surface area (TPSA) is 44.7 Å². The lowest BCUT2D eigenvalue weighted by Crippen LogP contribution is -1.95. The first-order chi connectivity index (χ1) is 20.6. The van der Waals surface area contributed by atoms with Gasteiger partial charge >= 0.3 is 0 Å². The fourth-order valence-electron chi connectivity index (χ4n) is 6.29. The summed E-state index contributed by atoms with van der Waals surface area (Å²) in [6, 6.07) is 37.9.